The summed E-state index contributed by atoms with van der Waals surface area (Å²) in [5.41, 5.74) is 0. The van der Waals surface area contributed by atoms with Crippen LogP contribution in [0.5, 0.6) is 0 Å². The Morgan fingerprint density at radius 2 is 0.818 bits per heavy atom. The topological polar surface area (TPSA) is 0 Å². The minimum atomic E-state index is -0.543. The van der Waals surface area contributed by atoms with Crippen molar-refractivity contribution in [3.8, 4) is 0 Å². The molecule has 0 fully saturated rings. The van der Waals surface area contributed by atoms with Gasteiger partial charge >= 0.3 is 69.2 Å². The van der Waals surface area contributed by atoms with Crippen LogP contribution >= 0.6 is 9.24 Å². The standard InChI is InChI=1S/C2H7P.6CH3.2Sn/c1-2-3;;;;;;;;/h2-3H2,1H3;6*1H3;;. The van der Waals surface area contributed by atoms with E-state index in [2.05, 4.69) is 45.8 Å². The summed E-state index contributed by atoms with van der Waals surface area (Å²) < 4.78 is 0. The molecule has 0 N–H and O–H groups in total. The van der Waals surface area contributed by atoms with E-state index in [1.54, 1.807) is 0 Å². The first kappa shape index (κ1) is 18.7. The molecule has 0 aromatic rings. The molecule has 0 bridgehead atoms. The summed E-state index contributed by atoms with van der Waals surface area (Å²) in [6.45, 7) is 2.09. The molecule has 0 saturated heterocycles. The van der Waals surface area contributed by atoms with Crippen LogP contribution in [0.3, 0.4) is 0 Å². The first-order valence-corrected chi connectivity index (χ1v) is 22.1. The molecule has 0 saturated carbocycles. The van der Waals surface area contributed by atoms with E-state index in [-0.39, 0.29) is 0 Å². The van der Waals surface area contributed by atoms with Crippen LogP contribution in [0.4, 0.5) is 0 Å². The van der Waals surface area contributed by atoms with Gasteiger partial charge in [-0.15, -0.1) is 9.24 Å². The number of rotatable bonds is 0. The van der Waals surface area contributed by atoms with Crippen LogP contribution in [-0.4, -0.2) is 45.7 Å². The zero-order valence-corrected chi connectivity index (χ0v) is 16.1. The van der Waals surface area contributed by atoms with Crippen molar-refractivity contribution in [2.24, 2.45) is 0 Å². The molecule has 0 spiro atoms. The van der Waals surface area contributed by atoms with Crippen LogP contribution in [-0.2, 0) is 0 Å². The second-order valence-electron chi connectivity index (χ2n) is 3.41. The van der Waals surface area contributed by atoms with Crippen molar-refractivity contribution < 1.29 is 0 Å². The Morgan fingerprint density at radius 3 is 0.818 bits per heavy atom. The van der Waals surface area contributed by atoms with Crippen molar-refractivity contribution >= 4 is 48.8 Å². The Bertz CT molecular complexity index is 35.8. The summed E-state index contributed by atoms with van der Waals surface area (Å²) in [6, 6.07) is 0. The van der Waals surface area contributed by atoms with Crippen molar-refractivity contribution in [1.29, 1.82) is 0 Å². The molecule has 0 aromatic carbocycles. The molecule has 3 heteroatoms. The Hall–Kier alpha value is 2.03. The number of hydrogen-bond acceptors (Lipinski definition) is 0. The van der Waals surface area contributed by atoms with Gasteiger partial charge in [-0.1, -0.05) is 6.92 Å². The van der Waals surface area contributed by atoms with Gasteiger partial charge in [-0.05, 0) is 6.16 Å². The third-order valence-electron chi connectivity index (χ3n) is 0. The second-order valence-corrected chi connectivity index (χ2v) is 21.3. The molecule has 11 heavy (non-hydrogen) atoms. The zero-order valence-electron chi connectivity index (χ0n) is 9.28. The van der Waals surface area contributed by atoms with Crippen molar-refractivity contribution in [3.05, 3.63) is 0 Å². The van der Waals surface area contributed by atoms with E-state index in [1.165, 1.54) is 6.16 Å². The van der Waals surface area contributed by atoms with Crippen LogP contribution in [0.25, 0.3) is 0 Å². The fourth-order valence-electron chi connectivity index (χ4n) is 0. The van der Waals surface area contributed by atoms with E-state index >= 15 is 0 Å². The molecule has 0 amide bonds. The van der Waals surface area contributed by atoms with Crippen LogP contribution < -0.4 is 0 Å². The van der Waals surface area contributed by atoms with Gasteiger partial charge in [0.25, 0.3) is 0 Å². The van der Waals surface area contributed by atoms with E-state index in [0.717, 1.165) is 0 Å². The van der Waals surface area contributed by atoms with Gasteiger partial charge in [0.05, 0.1) is 0 Å². The monoisotopic (exact) mass is 392 g/mol. The molecule has 1 unspecified atom stereocenters. The molecule has 0 nitrogen and oxygen atoms in total. The molecule has 70 valence electrons. The van der Waals surface area contributed by atoms with Crippen molar-refractivity contribution in [1.82, 2.24) is 0 Å². The van der Waals surface area contributed by atoms with Gasteiger partial charge in [-0.3, -0.25) is 0 Å². The maximum atomic E-state index is 2.58. The predicted octanol–water partition coefficient (Wildman–Crippen LogP) is 3.62. The first-order valence-electron chi connectivity index (χ1n) is 4.12. The SMILES string of the molecule is CCP.[CH3][Sn]([CH3])[CH3].[CH3][Sn]([CH3])[CH3]. The Balaban J connectivity index is -0.0000000886. The van der Waals surface area contributed by atoms with E-state index in [0.29, 0.717) is 0 Å². The van der Waals surface area contributed by atoms with Crippen molar-refractivity contribution in [2.75, 3.05) is 6.16 Å². The molecule has 0 rings (SSSR count). The van der Waals surface area contributed by atoms with Gasteiger partial charge in [-0.25, -0.2) is 0 Å². The Kier molecular flexibility index (Phi) is 30.6. The Morgan fingerprint density at radius 1 is 0.818 bits per heavy atom. The molecule has 0 aliphatic rings. The molecule has 0 heterocycles. The van der Waals surface area contributed by atoms with E-state index in [1.807, 2.05) is 0 Å². The van der Waals surface area contributed by atoms with Crippen molar-refractivity contribution in [3.63, 3.8) is 0 Å². The van der Waals surface area contributed by atoms with Crippen LogP contribution in [0.1, 0.15) is 6.92 Å². The molecule has 0 aliphatic carbocycles. The van der Waals surface area contributed by atoms with Gasteiger partial charge < -0.3 is 0 Å². The summed E-state index contributed by atoms with van der Waals surface area (Å²) in [7, 11) is 2.58. The fraction of sp³-hybridized carbons (Fsp3) is 1.00. The number of hydrogen-bond donors (Lipinski definition) is 0. The molecule has 0 aliphatic heterocycles. The molecule has 1 atom stereocenters. The van der Waals surface area contributed by atoms with E-state index in [9.17, 15) is 0 Å². The van der Waals surface area contributed by atoms with Crippen LogP contribution in [0.2, 0.25) is 29.6 Å². The predicted molar refractivity (Wildman–Crippen MR) is 66.9 cm³/mol. The summed E-state index contributed by atoms with van der Waals surface area (Å²) in [4.78, 5) is 14.2. The van der Waals surface area contributed by atoms with E-state index in [4.69, 9.17) is 0 Å². The van der Waals surface area contributed by atoms with Gasteiger partial charge in [-0.2, -0.15) is 0 Å². The summed E-state index contributed by atoms with van der Waals surface area (Å²) in [5, 5.41) is 0. The van der Waals surface area contributed by atoms with Crippen LogP contribution in [0.15, 0.2) is 0 Å². The normalized spacial score (nSPS) is 8.18. The molecular weight excluding hydrogens is 364 g/mol. The third kappa shape index (κ3) is 294. The molecule has 2 radical (unpaired) electrons. The quantitative estimate of drug-likeness (QED) is 0.438. The summed E-state index contributed by atoms with van der Waals surface area (Å²) in [6.07, 6.45) is 1.17. The average molecular weight is 390 g/mol. The van der Waals surface area contributed by atoms with E-state index < -0.39 is 39.5 Å². The molecular formula is C8H25PSn2. The summed E-state index contributed by atoms with van der Waals surface area (Å²) >= 11 is -1.09. The van der Waals surface area contributed by atoms with Gasteiger partial charge in [0, 0.05) is 0 Å². The zero-order chi connectivity index (χ0) is 9.86. The van der Waals surface area contributed by atoms with Gasteiger partial charge in [0.2, 0.25) is 0 Å². The average Bonchev–Trinajstić information content (AvgIpc) is 1.60. The summed E-state index contributed by atoms with van der Waals surface area (Å²) in [5.74, 6) is 0. The van der Waals surface area contributed by atoms with Crippen LogP contribution in [0, 0.1) is 0 Å². The first-order chi connectivity index (χ1) is 4.88. The second kappa shape index (κ2) is 17.9. The molecule has 0 aromatic heterocycles. The minimum absolute atomic E-state index is 0.543. The fourth-order valence-corrected chi connectivity index (χ4v) is 0. The van der Waals surface area contributed by atoms with Crippen molar-refractivity contribution in [2.45, 2.75) is 36.6 Å². The van der Waals surface area contributed by atoms with Gasteiger partial charge in [0.1, 0.15) is 0 Å². The maximum absolute atomic E-state index is 2.58. The Labute approximate surface area is 90.6 Å². The van der Waals surface area contributed by atoms with Gasteiger partial charge in [0.15, 0.2) is 0 Å². The third-order valence-corrected chi connectivity index (χ3v) is 0.